The zero-order valence-corrected chi connectivity index (χ0v) is 17.9. The first kappa shape index (κ1) is 21.6. The molecule has 2 rings (SSSR count). The Kier molecular flexibility index (Phi) is 6.98. The highest BCUT2D eigenvalue weighted by molar-refractivity contribution is 6.30. The van der Waals surface area contributed by atoms with Crippen molar-refractivity contribution >= 4 is 29.3 Å². The fourth-order valence-electron chi connectivity index (χ4n) is 2.34. The molecule has 6 nitrogen and oxygen atoms in total. The highest BCUT2D eigenvalue weighted by Gasteiger charge is 2.20. The molecule has 28 heavy (non-hydrogen) atoms. The Morgan fingerprint density at radius 2 is 2.00 bits per heavy atom. The molecular formula is C21H26ClN5O. The summed E-state index contributed by atoms with van der Waals surface area (Å²) in [5.74, 6) is 6.97. The Balaban J connectivity index is 2.48. The van der Waals surface area contributed by atoms with Crippen LogP contribution in [0.5, 0.6) is 0 Å². The quantitative estimate of drug-likeness (QED) is 0.737. The predicted molar refractivity (Wildman–Crippen MR) is 114 cm³/mol. The van der Waals surface area contributed by atoms with Crippen molar-refractivity contribution in [3.05, 3.63) is 40.3 Å². The van der Waals surface area contributed by atoms with Crippen LogP contribution in [-0.4, -0.2) is 27.4 Å². The number of pyridine rings is 1. The summed E-state index contributed by atoms with van der Waals surface area (Å²) in [6.07, 6.45) is 1.61. The van der Waals surface area contributed by atoms with Gasteiger partial charge in [0.1, 0.15) is 0 Å². The first-order valence-corrected chi connectivity index (χ1v) is 9.60. The third-order valence-electron chi connectivity index (χ3n) is 4.06. The molecule has 2 aromatic heterocycles. The molecule has 2 N–H and O–H groups in total. The van der Waals surface area contributed by atoms with E-state index in [-0.39, 0.29) is 11.8 Å². The molecule has 0 saturated carbocycles. The average molecular weight is 400 g/mol. The minimum atomic E-state index is -0.517. The molecule has 0 fully saturated rings. The number of nitrogens with zero attached hydrogens (tertiary/aromatic N) is 3. The van der Waals surface area contributed by atoms with Crippen molar-refractivity contribution in [3.8, 4) is 11.8 Å². The van der Waals surface area contributed by atoms with Crippen LogP contribution in [0, 0.1) is 24.7 Å². The molecule has 0 aliphatic carbocycles. The largest absolute Gasteiger partial charge is 0.354 e. The van der Waals surface area contributed by atoms with E-state index < -0.39 is 5.41 Å². The summed E-state index contributed by atoms with van der Waals surface area (Å²) in [6.45, 7) is 12.1. The van der Waals surface area contributed by atoms with Gasteiger partial charge in [0.25, 0.3) is 0 Å². The van der Waals surface area contributed by atoms with E-state index in [2.05, 4.69) is 37.4 Å². The molecule has 0 aromatic carbocycles. The Morgan fingerprint density at radius 1 is 1.29 bits per heavy atom. The minimum absolute atomic E-state index is 0.123. The number of anilines is 2. The van der Waals surface area contributed by atoms with Crippen LogP contribution in [0.1, 0.15) is 51.6 Å². The molecular weight excluding hydrogens is 374 g/mol. The summed E-state index contributed by atoms with van der Waals surface area (Å²) in [6, 6.07) is 3.65. The average Bonchev–Trinajstić information content (AvgIpc) is 2.61. The van der Waals surface area contributed by atoms with Crippen molar-refractivity contribution in [3.63, 3.8) is 0 Å². The van der Waals surface area contributed by atoms with Gasteiger partial charge in [-0.15, -0.1) is 0 Å². The van der Waals surface area contributed by atoms with Crippen LogP contribution in [0.4, 0.5) is 11.8 Å². The summed E-state index contributed by atoms with van der Waals surface area (Å²) in [4.78, 5) is 25.5. The van der Waals surface area contributed by atoms with Crippen LogP contribution in [0.15, 0.2) is 18.3 Å². The second-order valence-corrected chi connectivity index (χ2v) is 7.70. The smallest absolute Gasteiger partial charge is 0.228 e. The van der Waals surface area contributed by atoms with Gasteiger partial charge < -0.3 is 10.6 Å². The highest BCUT2D eigenvalue weighted by Crippen LogP contribution is 2.23. The van der Waals surface area contributed by atoms with Crippen LogP contribution in [-0.2, 0) is 10.2 Å². The monoisotopic (exact) mass is 399 g/mol. The number of carbonyl (C=O) groups excluding carboxylic acids is 1. The van der Waals surface area contributed by atoms with Gasteiger partial charge in [0.15, 0.2) is 5.82 Å². The molecule has 0 unspecified atom stereocenters. The Morgan fingerprint density at radius 3 is 2.57 bits per heavy atom. The highest BCUT2D eigenvalue weighted by atomic mass is 35.5. The molecule has 0 aliphatic heterocycles. The van der Waals surface area contributed by atoms with Crippen molar-refractivity contribution in [2.75, 3.05) is 17.2 Å². The fraction of sp³-hybridized carbons (Fsp3) is 0.429. The first-order valence-electron chi connectivity index (χ1n) is 9.22. The van der Waals surface area contributed by atoms with E-state index in [9.17, 15) is 4.79 Å². The number of carbonyl (C=O) groups is 1. The van der Waals surface area contributed by atoms with Gasteiger partial charge >= 0.3 is 0 Å². The summed E-state index contributed by atoms with van der Waals surface area (Å²) in [7, 11) is 0. The Labute approximate surface area is 171 Å². The van der Waals surface area contributed by atoms with Gasteiger partial charge in [-0.2, -0.15) is 4.98 Å². The minimum Gasteiger partial charge on any atom is -0.354 e. The number of aromatic nitrogens is 3. The van der Waals surface area contributed by atoms with Gasteiger partial charge in [-0.3, -0.25) is 9.78 Å². The number of hydrogen-bond acceptors (Lipinski definition) is 5. The van der Waals surface area contributed by atoms with Gasteiger partial charge in [0.2, 0.25) is 11.9 Å². The maximum atomic E-state index is 12.2. The third kappa shape index (κ3) is 5.43. The normalized spacial score (nSPS) is 11.0. The summed E-state index contributed by atoms with van der Waals surface area (Å²) >= 11 is 5.93. The maximum Gasteiger partial charge on any atom is 0.228 e. The fourth-order valence-corrected chi connectivity index (χ4v) is 2.45. The molecule has 0 bridgehead atoms. The molecule has 0 radical (unpaired) electrons. The van der Waals surface area contributed by atoms with Crippen LogP contribution in [0.25, 0.3) is 0 Å². The molecule has 1 amide bonds. The number of rotatable bonds is 5. The standard InChI is InChI=1S/C21H26ClN5O/c1-7-23-20-25-14(4)16(18(27-20)26-19(28)13(2)3)10-11-21(5,6)17-9-8-15(22)12-24-17/h8-9,12-13H,7H2,1-6H3,(H2,23,25,26,27,28). The molecule has 0 saturated heterocycles. The molecule has 0 spiro atoms. The number of halogens is 1. The lowest BCUT2D eigenvalue weighted by Gasteiger charge is -2.17. The SMILES string of the molecule is CCNc1nc(C)c(C#CC(C)(C)c2ccc(Cl)cn2)c(NC(=O)C(C)C)n1. The van der Waals surface area contributed by atoms with E-state index in [1.807, 2.05) is 47.6 Å². The zero-order valence-electron chi connectivity index (χ0n) is 17.1. The van der Waals surface area contributed by atoms with E-state index in [0.717, 1.165) is 5.69 Å². The van der Waals surface area contributed by atoms with Gasteiger partial charge in [-0.25, -0.2) is 4.98 Å². The topological polar surface area (TPSA) is 79.8 Å². The van der Waals surface area contributed by atoms with Gasteiger partial charge in [0.05, 0.1) is 27.4 Å². The van der Waals surface area contributed by atoms with Crippen molar-refractivity contribution in [2.24, 2.45) is 5.92 Å². The van der Waals surface area contributed by atoms with Crippen molar-refractivity contribution < 1.29 is 4.79 Å². The third-order valence-corrected chi connectivity index (χ3v) is 4.28. The molecule has 0 atom stereocenters. The summed E-state index contributed by atoms with van der Waals surface area (Å²) < 4.78 is 0. The Hall–Kier alpha value is -2.65. The molecule has 148 valence electrons. The van der Waals surface area contributed by atoms with Crippen molar-refractivity contribution in [1.82, 2.24) is 15.0 Å². The lowest BCUT2D eigenvalue weighted by Crippen LogP contribution is -2.21. The first-order chi connectivity index (χ1) is 13.1. The van der Waals surface area contributed by atoms with E-state index in [1.165, 1.54) is 0 Å². The molecule has 2 heterocycles. The van der Waals surface area contributed by atoms with Gasteiger partial charge in [-0.05, 0) is 39.8 Å². The molecule has 0 aliphatic rings. The van der Waals surface area contributed by atoms with Crippen LogP contribution in [0.3, 0.4) is 0 Å². The number of amides is 1. The maximum absolute atomic E-state index is 12.2. The predicted octanol–water partition coefficient (Wildman–Crippen LogP) is 4.19. The summed E-state index contributed by atoms with van der Waals surface area (Å²) in [5, 5.41) is 6.52. The van der Waals surface area contributed by atoms with Crippen LogP contribution < -0.4 is 10.6 Å². The van der Waals surface area contributed by atoms with Crippen LogP contribution >= 0.6 is 11.6 Å². The van der Waals surface area contributed by atoms with Crippen LogP contribution in [0.2, 0.25) is 5.02 Å². The second-order valence-electron chi connectivity index (χ2n) is 7.27. The van der Waals surface area contributed by atoms with Gasteiger partial charge in [-0.1, -0.05) is 37.3 Å². The lowest BCUT2D eigenvalue weighted by atomic mass is 9.89. The number of hydrogen-bond donors (Lipinski definition) is 2. The van der Waals surface area contributed by atoms with E-state index in [1.54, 1.807) is 12.3 Å². The number of aryl methyl sites for hydroxylation is 1. The summed E-state index contributed by atoms with van der Waals surface area (Å²) in [5.41, 5.74) is 1.58. The van der Waals surface area contributed by atoms with E-state index >= 15 is 0 Å². The molecule has 2 aromatic rings. The van der Waals surface area contributed by atoms with E-state index in [4.69, 9.17) is 11.6 Å². The zero-order chi connectivity index (χ0) is 20.9. The molecule has 7 heteroatoms. The van der Waals surface area contributed by atoms with Crippen molar-refractivity contribution in [2.45, 2.75) is 47.0 Å². The van der Waals surface area contributed by atoms with Crippen molar-refractivity contribution in [1.29, 1.82) is 0 Å². The Bertz CT molecular complexity index is 911. The second kappa shape index (κ2) is 9.03. The van der Waals surface area contributed by atoms with Gasteiger partial charge in [0, 0.05) is 18.7 Å². The van der Waals surface area contributed by atoms with E-state index in [0.29, 0.717) is 34.6 Å². The number of nitrogens with one attached hydrogen (secondary N) is 2. The lowest BCUT2D eigenvalue weighted by molar-refractivity contribution is -0.118.